The van der Waals surface area contributed by atoms with Crippen molar-refractivity contribution in [3.8, 4) is 0 Å². The molecule has 0 fully saturated rings. The third kappa shape index (κ3) is 2.26. The van der Waals surface area contributed by atoms with Crippen molar-refractivity contribution in [3.63, 3.8) is 0 Å². The summed E-state index contributed by atoms with van der Waals surface area (Å²) >= 11 is 6.04. The van der Waals surface area contributed by atoms with Crippen LogP contribution in [0.5, 0.6) is 0 Å². The van der Waals surface area contributed by atoms with Gasteiger partial charge in [-0.15, -0.1) is 0 Å². The van der Waals surface area contributed by atoms with E-state index < -0.39 is 5.82 Å². The molecular formula is C12H11ClFN3O. The first kappa shape index (κ1) is 12.7. The number of hydrogen-bond donors (Lipinski definition) is 0. The van der Waals surface area contributed by atoms with Gasteiger partial charge in [-0.3, -0.25) is 14.5 Å². The summed E-state index contributed by atoms with van der Waals surface area (Å²) in [6, 6.07) is 1.36. The fourth-order valence-electron chi connectivity index (χ4n) is 1.72. The minimum atomic E-state index is -0.627. The molecule has 0 N–H and O–H groups in total. The third-order valence-electron chi connectivity index (χ3n) is 2.66. The Labute approximate surface area is 108 Å². The van der Waals surface area contributed by atoms with Crippen LogP contribution in [0.15, 0.2) is 18.5 Å². The summed E-state index contributed by atoms with van der Waals surface area (Å²) in [7, 11) is 1.70. The topological polar surface area (TPSA) is 47.8 Å². The number of aryl methyl sites for hydroxylation is 2. The van der Waals surface area contributed by atoms with Crippen molar-refractivity contribution in [1.82, 2.24) is 14.8 Å². The van der Waals surface area contributed by atoms with Gasteiger partial charge in [-0.25, -0.2) is 4.39 Å². The van der Waals surface area contributed by atoms with Crippen LogP contribution in [0.1, 0.15) is 21.7 Å². The van der Waals surface area contributed by atoms with Crippen molar-refractivity contribution in [2.45, 2.75) is 13.3 Å². The first-order chi connectivity index (χ1) is 8.50. The maximum absolute atomic E-state index is 13.4. The Kier molecular flexibility index (Phi) is 3.43. The van der Waals surface area contributed by atoms with Crippen molar-refractivity contribution in [1.29, 1.82) is 0 Å². The fourth-order valence-corrected chi connectivity index (χ4v) is 1.95. The molecule has 0 saturated carbocycles. The minimum absolute atomic E-state index is 0.0110. The van der Waals surface area contributed by atoms with Gasteiger partial charge < -0.3 is 0 Å². The number of nitrogens with zero attached hydrogens (tertiary/aromatic N) is 3. The molecule has 6 heteroatoms. The molecule has 0 unspecified atom stereocenters. The monoisotopic (exact) mass is 267 g/mol. The average molecular weight is 268 g/mol. The van der Waals surface area contributed by atoms with E-state index in [1.165, 1.54) is 16.9 Å². The van der Waals surface area contributed by atoms with Crippen LogP contribution in [-0.4, -0.2) is 20.5 Å². The highest BCUT2D eigenvalue weighted by Gasteiger charge is 2.18. The van der Waals surface area contributed by atoms with Crippen molar-refractivity contribution >= 4 is 17.4 Å². The summed E-state index contributed by atoms with van der Waals surface area (Å²) in [5.74, 6) is -0.975. The van der Waals surface area contributed by atoms with Gasteiger partial charge in [-0.1, -0.05) is 11.6 Å². The zero-order valence-electron chi connectivity index (χ0n) is 9.94. The SMILES string of the molecule is Cc1nn(C)c(CC(=O)c2ccncc2F)c1Cl. The standard InChI is InChI=1S/C12H11ClFN3O/c1-7-12(13)10(17(2)16-7)5-11(18)8-3-4-15-6-9(8)14/h3-4,6H,5H2,1-2H3. The summed E-state index contributed by atoms with van der Waals surface area (Å²) in [5, 5.41) is 4.55. The van der Waals surface area contributed by atoms with E-state index >= 15 is 0 Å². The van der Waals surface area contributed by atoms with Gasteiger partial charge in [-0.05, 0) is 13.0 Å². The number of carbonyl (C=O) groups is 1. The molecule has 0 spiro atoms. The summed E-state index contributed by atoms with van der Waals surface area (Å²) < 4.78 is 14.9. The third-order valence-corrected chi connectivity index (χ3v) is 3.15. The highest BCUT2D eigenvalue weighted by atomic mass is 35.5. The number of hydrogen-bond acceptors (Lipinski definition) is 3. The molecule has 0 radical (unpaired) electrons. The van der Waals surface area contributed by atoms with Crippen LogP contribution in [0, 0.1) is 12.7 Å². The molecule has 0 aromatic carbocycles. The Balaban J connectivity index is 2.30. The van der Waals surface area contributed by atoms with Crippen molar-refractivity contribution in [3.05, 3.63) is 46.3 Å². The maximum atomic E-state index is 13.4. The number of rotatable bonds is 3. The quantitative estimate of drug-likeness (QED) is 0.802. The van der Waals surface area contributed by atoms with Crippen LogP contribution in [-0.2, 0) is 13.5 Å². The lowest BCUT2D eigenvalue weighted by Gasteiger charge is -2.03. The summed E-state index contributed by atoms with van der Waals surface area (Å²) in [6.45, 7) is 1.75. The molecule has 0 aliphatic heterocycles. The molecular weight excluding hydrogens is 257 g/mol. The molecule has 94 valence electrons. The van der Waals surface area contributed by atoms with E-state index in [1.807, 2.05) is 0 Å². The Morgan fingerprint density at radius 2 is 2.28 bits per heavy atom. The van der Waals surface area contributed by atoms with Gasteiger partial charge in [0.15, 0.2) is 11.6 Å². The number of halogens is 2. The Morgan fingerprint density at radius 3 is 2.83 bits per heavy atom. The first-order valence-corrected chi connectivity index (χ1v) is 5.69. The van der Waals surface area contributed by atoms with E-state index in [2.05, 4.69) is 10.1 Å². The summed E-state index contributed by atoms with van der Waals surface area (Å²) in [5.41, 5.74) is 1.24. The molecule has 2 rings (SSSR count). The highest BCUT2D eigenvalue weighted by molar-refractivity contribution is 6.32. The smallest absolute Gasteiger partial charge is 0.171 e. The molecule has 0 bridgehead atoms. The molecule has 4 nitrogen and oxygen atoms in total. The van der Waals surface area contributed by atoms with E-state index in [-0.39, 0.29) is 17.8 Å². The second-order valence-electron chi connectivity index (χ2n) is 3.93. The lowest BCUT2D eigenvalue weighted by molar-refractivity contribution is 0.0986. The predicted octanol–water partition coefficient (Wildman–Crippen LogP) is 2.34. The lowest BCUT2D eigenvalue weighted by Crippen LogP contribution is -2.10. The summed E-state index contributed by atoms with van der Waals surface area (Å²) in [4.78, 5) is 15.6. The predicted molar refractivity (Wildman–Crippen MR) is 65.2 cm³/mol. The van der Waals surface area contributed by atoms with Crippen LogP contribution >= 0.6 is 11.6 Å². The number of aromatic nitrogens is 3. The van der Waals surface area contributed by atoms with Crippen LogP contribution < -0.4 is 0 Å². The Bertz CT molecular complexity index is 609. The molecule has 2 aromatic heterocycles. The second kappa shape index (κ2) is 4.86. The van der Waals surface area contributed by atoms with Crippen molar-refractivity contribution in [2.75, 3.05) is 0 Å². The molecule has 0 atom stereocenters. The molecule has 2 aromatic rings. The molecule has 0 aliphatic carbocycles. The van der Waals surface area contributed by atoms with Crippen molar-refractivity contribution in [2.24, 2.45) is 7.05 Å². The van der Waals surface area contributed by atoms with E-state index in [0.29, 0.717) is 16.4 Å². The molecule has 18 heavy (non-hydrogen) atoms. The normalized spacial score (nSPS) is 10.7. The molecule has 0 amide bonds. The Morgan fingerprint density at radius 1 is 1.56 bits per heavy atom. The largest absolute Gasteiger partial charge is 0.294 e. The highest BCUT2D eigenvalue weighted by Crippen LogP contribution is 2.21. The zero-order valence-corrected chi connectivity index (χ0v) is 10.7. The van der Waals surface area contributed by atoms with E-state index in [9.17, 15) is 9.18 Å². The Hall–Kier alpha value is -1.75. The zero-order chi connectivity index (χ0) is 13.3. The van der Waals surface area contributed by atoms with Gasteiger partial charge in [-0.2, -0.15) is 5.10 Å². The lowest BCUT2D eigenvalue weighted by atomic mass is 10.1. The molecule has 0 aliphatic rings. The van der Waals surface area contributed by atoms with Gasteiger partial charge in [0, 0.05) is 13.2 Å². The van der Waals surface area contributed by atoms with E-state index in [4.69, 9.17) is 11.6 Å². The van der Waals surface area contributed by atoms with Gasteiger partial charge in [0.2, 0.25) is 0 Å². The fraction of sp³-hybridized carbons (Fsp3) is 0.250. The van der Waals surface area contributed by atoms with Gasteiger partial charge in [0.05, 0.1) is 34.6 Å². The number of carbonyl (C=O) groups excluding carboxylic acids is 1. The number of ketones is 1. The van der Waals surface area contributed by atoms with E-state index in [0.717, 1.165) is 6.20 Å². The molecule has 0 saturated heterocycles. The van der Waals surface area contributed by atoms with E-state index in [1.54, 1.807) is 14.0 Å². The minimum Gasteiger partial charge on any atom is -0.294 e. The maximum Gasteiger partial charge on any atom is 0.171 e. The van der Waals surface area contributed by atoms with Crippen LogP contribution in [0.2, 0.25) is 5.02 Å². The van der Waals surface area contributed by atoms with Crippen molar-refractivity contribution < 1.29 is 9.18 Å². The van der Waals surface area contributed by atoms with Crippen LogP contribution in [0.3, 0.4) is 0 Å². The van der Waals surface area contributed by atoms with Crippen LogP contribution in [0.25, 0.3) is 0 Å². The molecule has 2 heterocycles. The van der Waals surface area contributed by atoms with Crippen LogP contribution in [0.4, 0.5) is 4.39 Å². The van der Waals surface area contributed by atoms with Gasteiger partial charge in [0.1, 0.15) is 0 Å². The first-order valence-electron chi connectivity index (χ1n) is 5.31. The van der Waals surface area contributed by atoms with Gasteiger partial charge >= 0.3 is 0 Å². The van der Waals surface area contributed by atoms with Gasteiger partial charge in [0.25, 0.3) is 0 Å². The number of pyridine rings is 1. The number of Topliss-reactive ketones (excluding diaryl/α,β-unsaturated/α-hetero) is 1. The second-order valence-corrected chi connectivity index (χ2v) is 4.30. The summed E-state index contributed by atoms with van der Waals surface area (Å²) in [6.07, 6.45) is 2.41. The average Bonchev–Trinajstić information content (AvgIpc) is 2.56.